The summed E-state index contributed by atoms with van der Waals surface area (Å²) in [6.07, 6.45) is 2.16. The van der Waals surface area contributed by atoms with Gasteiger partial charge < -0.3 is 9.47 Å². The van der Waals surface area contributed by atoms with Crippen molar-refractivity contribution in [1.82, 2.24) is 0 Å². The van der Waals surface area contributed by atoms with Crippen LogP contribution in [-0.2, 0) is 9.47 Å². The Morgan fingerprint density at radius 3 is 2.00 bits per heavy atom. The Hall–Kier alpha value is -0.730. The Bertz CT molecular complexity index is 223. The minimum atomic E-state index is -0.557. The molecule has 16 heavy (non-hydrogen) atoms. The van der Waals surface area contributed by atoms with Crippen LogP contribution in [0.15, 0.2) is 0 Å². The normalized spacial score (nSPS) is 15.4. The Labute approximate surface area is 99.5 Å². The largest absolute Gasteiger partial charge is 0.508 e. The Morgan fingerprint density at radius 2 is 1.62 bits per heavy atom. The fourth-order valence-corrected chi connectivity index (χ4v) is 1.72. The molecule has 0 fully saturated rings. The van der Waals surface area contributed by atoms with Crippen LogP contribution in [0.3, 0.4) is 0 Å². The van der Waals surface area contributed by atoms with Crippen molar-refractivity contribution in [3.63, 3.8) is 0 Å². The average Bonchev–Trinajstić information content (AvgIpc) is 2.17. The zero-order valence-electron chi connectivity index (χ0n) is 11.6. The lowest BCUT2D eigenvalue weighted by Gasteiger charge is -2.35. The molecule has 1 atom stereocenters. The smallest absolute Gasteiger partial charge is 0.435 e. The number of carbonyl (C=O) groups excluding carboxylic acids is 1. The van der Waals surface area contributed by atoms with Crippen molar-refractivity contribution < 1.29 is 14.3 Å². The SMILES string of the molecule is CCOC(=O)OC(C)(CC)CC(C)(C)CC. The minimum absolute atomic E-state index is 0.178. The maximum Gasteiger partial charge on any atom is 0.508 e. The van der Waals surface area contributed by atoms with Crippen LogP contribution in [0.1, 0.15) is 60.8 Å². The molecule has 1 unspecified atom stereocenters. The second-order valence-corrected chi connectivity index (χ2v) is 5.28. The van der Waals surface area contributed by atoms with Crippen LogP contribution in [0, 0.1) is 5.41 Å². The Balaban J connectivity index is 4.47. The molecule has 0 radical (unpaired) electrons. The summed E-state index contributed by atoms with van der Waals surface area (Å²) in [5.74, 6) is 0. The van der Waals surface area contributed by atoms with E-state index in [1.54, 1.807) is 6.92 Å². The lowest BCUT2D eigenvalue weighted by molar-refractivity contribution is -0.0477. The van der Waals surface area contributed by atoms with Gasteiger partial charge in [-0.05, 0) is 32.1 Å². The van der Waals surface area contributed by atoms with E-state index >= 15 is 0 Å². The van der Waals surface area contributed by atoms with Gasteiger partial charge in [-0.15, -0.1) is 0 Å². The third-order valence-electron chi connectivity index (χ3n) is 3.15. The first-order valence-corrected chi connectivity index (χ1v) is 6.14. The third-order valence-corrected chi connectivity index (χ3v) is 3.15. The molecule has 0 aliphatic rings. The molecular formula is C13H26O3. The summed E-state index contributed by atoms with van der Waals surface area (Å²) in [6.45, 7) is 12.7. The van der Waals surface area contributed by atoms with E-state index in [1.165, 1.54) is 0 Å². The second-order valence-electron chi connectivity index (χ2n) is 5.28. The summed E-state index contributed by atoms with van der Waals surface area (Å²) in [5.41, 5.74) is -0.247. The maximum absolute atomic E-state index is 11.3. The predicted molar refractivity (Wildman–Crippen MR) is 65.5 cm³/mol. The molecule has 0 spiro atoms. The zero-order valence-corrected chi connectivity index (χ0v) is 11.6. The summed E-state index contributed by atoms with van der Waals surface area (Å²) in [6, 6.07) is 0. The molecule has 0 amide bonds. The third kappa shape index (κ3) is 5.38. The van der Waals surface area contributed by atoms with Crippen LogP contribution in [0.25, 0.3) is 0 Å². The molecule has 0 aromatic rings. The van der Waals surface area contributed by atoms with Crippen LogP contribution in [0.5, 0.6) is 0 Å². The predicted octanol–water partition coefficient (Wildman–Crippen LogP) is 4.15. The van der Waals surface area contributed by atoms with Crippen molar-refractivity contribution in [3.05, 3.63) is 0 Å². The van der Waals surface area contributed by atoms with Gasteiger partial charge in [0.05, 0.1) is 6.61 Å². The molecule has 0 aliphatic heterocycles. The molecule has 0 heterocycles. The van der Waals surface area contributed by atoms with E-state index in [0.717, 1.165) is 19.3 Å². The molecule has 0 saturated carbocycles. The Kier molecular flexibility index (Phi) is 5.84. The van der Waals surface area contributed by atoms with Gasteiger partial charge in [0.2, 0.25) is 0 Å². The highest BCUT2D eigenvalue weighted by Gasteiger charge is 2.34. The Morgan fingerprint density at radius 1 is 1.06 bits per heavy atom. The van der Waals surface area contributed by atoms with Crippen LogP contribution in [-0.4, -0.2) is 18.4 Å². The van der Waals surface area contributed by atoms with Gasteiger partial charge in [-0.25, -0.2) is 4.79 Å². The molecule has 0 aromatic heterocycles. The minimum Gasteiger partial charge on any atom is -0.435 e. The maximum atomic E-state index is 11.3. The highest BCUT2D eigenvalue weighted by molar-refractivity contribution is 5.60. The van der Waals surface area contributed by atoms with E-state index in [1.807, 2.05) is 13.8 Å². The summed E-state index contributed by atoms with van der Waals surface area (Å²) >= 11 is 0. The highest BCUT2D eigenvalue weighted by atomic mass is 16.7. The molecule has 0 bridgehead atoms. The van der Waals surface area contributed by atoms with Crippen molar-refractivity contribution in [2.45, 2.75) is 66.4 Å². The molecule has 3 nitrogen and oxygen atoms in total. The van der Waals surface area contributed by atoms with E-state index in [2.05, 4.69) is 20.8 Å². The first-order chi connectivity index (χ1) is 7.28. The van der Waals surface area contributed by atoms with Gasteiger partial charge in [0.1, 0.15) is 5.60 Å². The van der Waals surface area contributed by atoms with E-state index in [9.17, 15) is 4.79 Å². The molecular weight excluding hydrogens is 204 g/mol. The summed E-state index contributed by atoms with van der Waals surface area (Å²) in [5, 5.41) is 0. The van der Waals surface area contributed by atoms with Crippen molar-refractivity contribution in [2.75, 3.05) is 6.61 Å². The number of hydrogen-bond donors (Lipinski definition) is 0. The fourth-order valence-electron chi connectivity index (χ4n) is 1.72. The average molecular weight is 230 g/mol. The second kappa shape index (κ2) is 6.12. The topological polar surface area (TPSA) is 35.5 Å². The first-order valence-electron chi connectivity index (χ1n) is 6.14. The van der Waals surface area contributed by atoms with Gasteiger partial charge in [0.25, 0.3) is 0 Å². The number of carbonyl (C=O) groups is 1. The summed E-state index contributed by atoms with van der Waals surface area (Å²) in [7, 11) is 0. The van der Waals surface area contributed by atoms with E-state index in [0.29, 0.717) is 6.61 Å². The van der Waals surface area contributed by atoms with E-state index in [-0.39, 0.29) is 5.41 Å². The van der Waals surface area contributed by atoms with Gasteiger partial charge >= 0.3 is 6.16 Å². The lowest BCUT2D eigenvalue weighted by atomic mass is 9.78. The van der Waals surface area contributed by atoms with Gasteiger partial charge in [-0.2, -0.15) is 0 Å². The van der Waals surface area contributed by atoms with Crippen molar-refractivity contribution >= 4 is 6.16 Å². The first kappa shape index (κ1) is 15.3. The van der Waals surface area contributed by atoms with Gasteiger partial charge in [-0.3, -0.25) is 0 Å². The standard InChI is InChI=1S/C13H26O3/c1-7-12(4,5)10-13(6,8-2)16-11(14)15-9-3/h7-10H2,1-6H3. The van der Waals surface area contributed by atoms with Crippen molar-refractivity contribution in [1.29, 1.82) is 0 Å². The quantitative estimate of drug-likeness (QED) is 0.643. The van der Waals surface area contributed by atoms with Crippen LogP contribution < -0.4 is 0 Å². The zero-order chi connectivity index (χ0) is 12.8. The van der Waals surface area contributed by atoms with E-state index in [4.69, 9.17) is 9.47 Å². The van der Waals surface area contributed by atoms with Crippen molar-refractivity contribution in [2.24, 2.45) is 5.41 Å². The summed E-state index contributed by atoms with van der Waals surface area (Å²) < 4.78 is 10.2. The monoisotopic (exact) mass is 230 g/mol. The molecule has 3 heteroatoms. The molecule has 0 aliphatic carbocycles. The molecule has 0 saturated heterocycles. The molecule has 0 aromatic carbocycles. The molecule has 0 N–H and O–H groups in total. The highest BCUT2D eigenvalue weighted by Crippen LogP contribution is 2.35. The van der Waals surface area contributed by atoms with Gasteiger partial charge in [0, 0.05) is 0 Å². The summed E-state index contributed by atoms with van der Waals surface area (Å²) in [4.78, 5) is 11.3. The number of ether oxygens (including phenoxy) is 2. The number of hydrogen-bond acceptors (Lipinski definition) is 3. The van der Waals surface area contributed by atoms with Crippen LogP contribution >= 0.6 is 0 Å². The van der Waals surface area contributed by atoms with Gasteiger partial charge in [0.15, 0.2) is 0 Å². The molecule has 0 rings (SSSR count). The van der Waals surface area contributed by atoms with Crippen molar-refractivity contribution in [3.8, 4) is 0 Å². The van der Waals surface area contributed by atoms with E-state index < -0.39 is 11.8 Å². The number of rotatable bonds is 6. The fraction of sp³-hybridized carbons (Fsp3) is 0.923. The lowest BCUT2D eigenvalue weighted by Crippen LogP contribution is -2.36. The van der Waals surface area contributed by atoms with Gasteiger partial charge in [-0.1, -0.05) is 34.1 Å². The van der Waals surface area contributed by atoms with Crippen LogP contribution in [0.2, 0.25) is 0 Å². The van der Waals surface area contributed by atoms with Crippen LogP contribution in [0.4, 0.5) is 4.79 Å². The molecule has 96 valence electrons.